The topological polar surface area (TPSA) is 74.6 Å². The molecule has 0 saturated heterocycles. The average Bonchev–Trinajstić information content (AvgIpc) is 2.08. The molecule has 0 unspecified atom stereocenters. The summed E-state index contributed by atoms with van der Waals surface area (Å²) in [5.74, 6) is -1.23. The van der Waals surface area contributed by atoms with Gasteiger partial charge in [0.1, 0.15) is 0 Å². The molecule has 4 nitrogen and oxygen atoms in total. The summed E-state index contributed by atoms with van der Waals surface area (Å²) in [5, 5.41) is 19.0. The Morgan fingerprint density at radius 2 is 1.80 bits per heavy atom. The zero-order valence-corrected chi connectivity index (χ0v) is 9.85. The molecule has 0 radical (unpaired) electrons. The first-order chi connectivity index (χ1) is 6.72. The van der Waals surface area contributed by atoms with Crippen LogP contribution in [0, 0.1) is 13.8 Å². The van der Waals surface area contributed by atoms with Crippen LogP contribution in [0.5, 0.6) is 11.5 Å². The van der Waals surface area contributed by atoms with Crippen molar-refractivity contribution in [2.45, 2.75) is 19.6 Å². The Hall–Kier alpha value is -0.940. The van der Waals surface area contributed by atoms with E-state index in [0.29, 0.717) is 11.1 Å². The highest BCUT2D eigenvalue weighted by Gasteiger charge is 2.16. The monoisotopic (exact) mass is 250 g/mol. The van der Waals surface area contributed by atoms with Gasteiger partial charge in [0.2, 0.25) is 9.05 Å². The minimum atomic E-state index is -3.74. The van der Waals surface area contributed by atoms with Crippen molar-refractivity contribution >= 4 is 19.7 Å². The van der Waals surface area contributed by atoms with Crippen LogP contribution in [0.3, 0.4) is 0 Å². The smallest absolute Gasteiger partial charge is 0.236 e. The first-order valence-electron chi connectivity index (χ1n) is 4.15. The predicted molar refractivity (Wildman–Crippen MR) is 57.7 cm³/mol. The van der Waals surface area contributed by atoms with Crippen molar-refractivity contribution in [3.8, 4) is 11.5 Å². The van der Waals surface area contributed by atoms with Gasteiger partial charge in [-0.1, -0.05) is 6.07 Å². The van der Waals surface area contributed by atoms with Crippen LogP contribution >= 0.6 is 10.7 Å². The first kappa shape index (κ1) is 12.1. The normalized spacial score (nSPS) is 11.7. The minimum absolute atomic E-state index is 0.102. The summed E-state index contributed by atoms with van der Waals surface area (Å²) in [6.07, 6.45) is 0. The van der Waals surface area contributed by atoms with Crippen molar-refractivity contribution in [2.75, 3.05) is 0 Å². The summed E-state index contributed by atoms with van der Waals surface area (Å²) in [7, 11) is 1.32. The Kier molecular flexibility index (Phi) is 3.16. The van der Waals surface area contributed by atoms with Gasteiger partial charge in [-0.15, -0.1) is 0 Å². The standard InChI is InChI=1S/C9H11ClO4S/c1-5-3-7(4-15(10,13)14)9(12)8(11)6(5)2/h3,11-12H,4H2,1-2H3. The molecule has 0 atom stereocenters. The third kappa shape index (κ3) is 2.76. The predicted octanol–water partition coefficient (Wildman–Crippen LogP) is 1.78. The van der Waals surface area contributed by atoms with Crippen LogP contribution in [-0.2, 0) is 14.8 Å². The van der Waals surface area contributed by atoms with E-state index in [2.05, 4.69) is 0 Å². The molecule has 1 rings (SSSR count). The number of hydrogen-bond acceptors (Lipinski definition) is 4. The fourth-order valence-electron chi connectivity index (χ4n) is 1.25. The number of aryl methyl sites for hydroxylation is 1. The molecule has 0 aliphatic carbocycles. The van der Waals surface area contributed by atoms with Crippen molar-refractivity contribution < 1.29 is 18.6 Å². The quantitative estimate of drug-likeness (QED) is 0.620. The molecule has 1 aromatic rings. The lowest BCUT2D eigenvalue weighted by Gasteiger charge is -2.09. The van der Waals surface area contributed by atoms with Crippen molar-refractivity contribution in [3.05, 3.63) is 22.8 Å². The van der Waals surface area contributed by atoms with Gasteiger partial charge in [-0.3, -0.25) is 0 Å². The lowest BCUT2D eigenvalue weighted by Crippen LogP contribution is -1.97. The maximum Gasteiger partial charge on any atom is 0.236 e. The second kappa shape index (κ2) is 3.90. The van der Waals surface area contributed by atoms with Gasteiger partial charge in [0.15, 0.2) is 11.5 Å². The van der Waals surface area contributed by atoms with Gasteiger partial charge in [-0.2, -0.15) is 0 Å². The molecule has 0 bridgehead atoms. The molecule has 0 saturated carbocycles. The second-order valence-corrected chi connectivity index (χ2v) is 6.13. The Morgan fingerprint density at radius 3 is 2.27 bits per heavy atom. The number of benzene rings is 1. The van der Waals surface area contributed by atoms with Crippen LogP contribution in [0.15, 0.2) is 6.07 Å². The minimum Gasteiger partial charge on any atom is -0.504 e. The Balaban J connectivity index is 3.33. The zero-order valence-electron chi connectivity index (χ0n) is 8.28. The number of phenols is 2. The highest BCUT2D eigenvalue weighted by Crippen LogP contribution is 2.35. The van der Waals surface area contributed by atoms with E-state index < -0.39 is 20.6 Å². The van der Waals surface area contributed by atoms with E-state index in [1.807, 2.05) is 0 Å². The van der Waals surface area contributed by atoms with Crippen molar-refractivity contribution in [2.24, 2.45) is 0 Å². The second-order valence-electron chi connectivity index (χ2n) is 3.36. The first-order valence-corrected chi connectivity index (χ1v) is 6.63. The molecule has 0 aliphatic heterocycles. The van der Waals surface area contributed by atoms with Gasteiger partial charge in [0.05, 0.1) is 5.75 Å². The maximum absolute atomic E-state index is 10.8. The van der Waals surface area contributed by atoms with Gasteiger partial charge < -0.3 is 10.2 Å². The molecule has 0 spiro atoms. The van der Waals surface area contributed by atoms with Crippen molar-refractivity contribution in [1.82, 2.24) is 0 Å². The van der Waals surface area contributed by atoms with Crippen LogP contribution in [0.4, 0.5) is 0 Å². The van der Waals surface area contributed by atoms with Crippen LogP contribution in [0.2, 0.25) is 0 Å². The SMILES string of the molecule is Cc1cc(CS(=O)(=O)Cl)c(O)c(O)c1C. The third-order valence-electron chi connectivity index (χ3n) is 2.19. The van der Waals surface area contributed by atoms with Crippen molar-refractivity contribution in [1.29, 1.82) is 0 Å². The van der Waals surface area contributed by atoms with E-state index in [4.69, 9.17) is 10.7 Å². The highest BCUT2D eigenvalue weighted by molar-refractivity contribution is 8.13. The molecule has 0 aliphatic rings. The van der Waals surface area contributed by atoms with E-state index in [1.54, 1.807) is 13.8 Å². The molecule has 2 N–H and O–H groups in total. The summed E-state index contributed by atoms with van der Waals surface area (Å²) in [6.45, 7) is 3.34. The lowest BCUT2D eigenvalue weighted by molar-refractivity contribution is 0.397. The van der Waals surface area contributed by atoms with Gasteiger partial charge in [0.25, 0.3) is 0 Å². The van der Waals surface area contributed by atoms with Crippen LogP contribution < -0.4 is 0 Å². The van der Waals surface area contributed by atoms with E-state index in [0.717, 1.165) is 0 Å². The van der Waals surface area contributed by atoms with E-state index >= 15 is 0 Å². The highest BCUT2D eigenvalue weighted by atomic mass is 35.7. The Morgan fingerprint density at radius 1 is 1.27 bits per heavy atom. The summed E-state index contributed by atoms with van der Waals surface area (Å²) in [5.41, 5.74) is 1.31. The van der Waals surface area contributed by atoms with Gasteiger partial charge in [0, 0.05) is 16.2 Å². The van der Waals surface area contributed by atoms with E-state index in [9.17, 15) is 18.6 Å². The molecular formula is C9H11ClO4S. The van der Waals surface area contributed by atoms with E-state index in [-0.39, 0.29) is 11.3 Å². The van der Waals surface area contributed by atoms with Gasteiger partial charge in [-0.05, 0) is 25.0 Å². The fraction of sp³-hybridized carbons (Fsp3) is 0.333. The summed E-state index contributed by atoms with van der Waals surface area (Å²) < 4.78 is 21.7. The average molecular weight is 251 g/mol. The third-order valence-corrected chi connectivity index (χ3v) is 3.18. The molecule has 0 heterocycles. The molecule has 84 valence electrons. The number of aromatic hydroxyl groups is 2. The van der Waals surface area contributed by atoms with E-state index in [1.165, 1.54) is 6.07 Å². The Labute approximate surface area is 92.5 Å². The van der Waals surface area contributed by atoms with Crippen LogP contribution in [0.1, 0.15) is 16.7 Å². The maximum atomic E-state index is 10.8. The summed E-state index contributed by atoms with van der Waals surface area (Å²) in [6, 6.07) is 1.49. The number of halogens is 1. The van der Waals surface area contributed by atoms with Crippen LogP contribution in [0.25, 0.3) is 0 Å². The molecule has 1 aromatic carbocycles. The molecular weight excluding hydrogens is 240 g/mol. The molecule has 0 amide bonds. The summed E-state index contributed by atoms with van der Waals surface area (Å²) in [4.78, 5) is 0. The number of hydrogen-bond donors (Lipinski definition) is 2. The fourth-order valence-corrected chi connectivity index (χ4v) is 2.19. The lowest BCUT2D eigenvalue weighted by atomic mass is 10.0. The Bertz CT molecular complexity index is 493. The molecule has 0 fully saturated rings. The molecule has 15 heavy (non-hydrogen) atoms. The zero-order chi connectivity index (χ0) is 11.8. The number of rotatable bonds is 2. The summed E-state index contributed by atoms with van der Waals surface area (Å²) >= 11 is 0. The number of phenolic OH excluding ortho intramolecular Hbond substituents is 2. The van der Waals surface area contributed by atoms with Gasteiger partial charge in [-0.25, -0.2) is 8.42 Å². The largest absolute Gasteiger partial charge is 0.504 e. The van der Waals surface area contributed by atoms with Crippen LogP contribution in [-0.4, -0.2) is 18.6 Å². The molecule has 0 aromatic heterocycles. The van der Waals surface area contributed by atoms with Gasteiger partial charge >= 0.3 is 0 Å². The van der Waals surface area contributed by atoms with Crippen molar-refractivity contribution in [3.63, 3.8) is 0 Å². The molecule has 6 heteroatoms.